The Morgan fingerprint density at radius 3 is 1.16 bits per heavy atom. The number of aliphatic imine (C=N–C) groups is 4. The average molecular weight is 1560 g/mol. The van der Waals surface area contributed by atoms with Crippen LogP contribution in [0.3, 0.4) is 0 Å². The van der Waals surface area contributed by atoms with Crippen LogP contribution in [0.25, 0.3) is 0 Å². The molecule has 3 aromatic carbocycles. The number of aldehydes is 1. The van der Waals surface area contributed by atoms with Gasteiger partial charge in [0.2, 0.25) is 0 Å². The standard InChI is InChI=1S/C24H38BN3O.C23H39N3.C17H26N2.C9H17BN2O3.C7H12BNO3.C7H12BNO2.CH4/c1-19(2)10-15-28(23-8-6-21(5)7-9-23)24-11-13-27(14-12-24)17-22(16-20(3)4)26-18-25-29;1-18(2)10-15-26(22-8-6-20(5)7-9-22)23-11-13-25(14-12-23)17-21(24)16-19(3)4;1-14(2)10-13-19(17-8-11-18-12-9-17)16-6-4-15(3)5-7-16;1-7(2)5-8(11-6-10-14)9(13)12(3)15-4;1-5(2)3-6(7(10)11)9-4-8-12;1-6(2)3-7(4-10)9-5-8-11;/h6-10,18,20,22,24H,11-17H2,1-5H3;6-10,19,21,23H,11-17,24H2,1-5H3;4-7,10,17-18H,8-9,11-13H2,1-3H3;6-8H,5H2,1-4H3;4-6H,3H2,1-2H3,(H,10,11);4-7H,3H2,1-2H3;1H4/t22-;21-;;8-;6-;7-;/m00.000./s1. The van der Waals surface area contributed by atoms with Crippen molar-refractivity contribution in [2.45, 2.75) is 258 Å². The molecule has 0 aliphatic carbocycles. The van der Waals surface area contributed by atoms with Gasteiger partial charge >= 0.3 is 379 Å². The normalized spacial score (nSPS) is 15.4. The Morgan fingerprint density at radius 1 is 0.504 bits per heavy atom. The van der Waals surface area contributed by atoms with Crippen molar-refractivity contribution in [1.29, 1.82) is 0 Å². The second kappa shape index (κ2) is 62.2. The van der Waals surface area contributed by atoms with Crippen LogP contribution < -0.4 is 25.8 Å². The number of benzene rings is 3. The fraction of sp³-hybridized carbons (Fsp3) is 0.648. The zero-order chi connectivity index (χ0) is 84.1. The van der Waals surface area contributed by atoms with Gasteiger partial charge in [0.15, 0.2) is 0 Å². The van der Waals surface area contributed by atoms with E-state index in [-0.39, 0.29) is 31.3 Å². The van der Waals surface area contributed by atoms with Crippen molar-refractivity contribution in [3.63, 3.8) is 0 Å². The number of nitrogens with one attached hydrogen (secondary N) is 1. The third-order valence-electron chi connectivity index (χ3n) is 19.2. The number of hydrogen-bond acceptors (Lipinski definition) is 19. The molecule has 3 aliphatic rings. The molecule has 3 aromatic rings. The number of aliphatic carboxylic acids is 1. The Kier molecular flexibility index (Phi) is 58.2. The predicted molar refractivity (Wildman–Crippen MR) is 479 cm³/mol. The zero-order valence-corrected chi connectivity index (χ0v) is 72.7. The number of piperidine rings is 3. The molecule has 0 saturated carbocycles. The molecule has 0 radical (unpaired) electrons. The molecular formula is C88H148B4N12O9. The first-order valence-electron chi connectivity index (χ1n) is 40.9. The number of likely N-dealkylation sites (tertiary alicyclic amines) is 2. The third-order valence-corrected chi connectivity index (χ3v) is 19.2. The van der Waals surface area contributed by atoms with E-state index < -0.39 is 18.1 Å². The molecule has 113 heavy (non-hydrogen) atoms. The minimum atomic E-state index is -0.984. The van der Waals surface area contributed by atoms with Gasteiger partial charge in [0.1, 0.15) is 0 Å². The van der Waals surface area contributed by atoms with Crippen molar-refractivity contribution in [3.05, 3.63) is 124 Å². The molecule has 6 rings (SSSR count). The molecule has 3 fully saturated rings. The molecule has 1 amide bonds. The number of carbonyl (C=O) groups excluding carboxylic acids is 2. The average Bonchev–Trinajstić information content (AvgIpc) is 0.834. The molecule has 626 valence electrons. The van der Waals surface area contributed by atoms with Crippen LogP contribution in [-0.2, 0) is 38.0 Å². The quantitative estimate of drug-likeness (QED) is 0.0158. The molecule has 5 atom stereocenters. The molecule has 3 heterocycles. The molecule has 0 aromatic heterocycles. The number of carboxylic acids is 1. The van der Waals surface area contributed by atoms with Crippen LogP contribution in [0.5, 0.6) is 0 Å². The first-order chi connectivity index (χ1) is 53.2. The number of hydroxylamine groups is 2. The van der Waals surface area contributed by atoms with Gasteiger partial charge in [-0.2, -0.15) is 0 Å². The van der Waals surface area contributed by atoms with E-state index in [4.69, 9.17) is 15.7 Å². The molecule has 25 heteroatoms. The van der Waals surface area contributed by atoms with Gasteiger partial charge in [0.25, 0.3) is 0 Å². The number of amides is 1. The molecule has 4 N–H and O–H groups in total. The van der Waals surface area contributed by atoms with Crippen LogP contribution >= 0.6 is 0 Å². The van der Waals surface area contributed by atoms with E-state index in [0.717, 1.165) is 135 Å². The maximum absolute atomic E-state index is 11.7. The van der Waals surface area contributed by atoms with Crippen molar-refractivity contribution in [1.82, 2.24) is 20.2 Å². The van der Waals surface area contributed by atoms with E-state index in [1.165, 1.54) is 96.4 Å². The number of rotatable bonds is 38. The summed E-state index contributed by atoms with van der Waals surface area (Å²) in [5.74, 6) is 1.05. The van der Waals surface area contributed by atoms with Crippen LogP contribution in [-0.4, -0.2) is 226 Å². The summed E-state index contributed by atoms with van der Waals surface area (Å²) in [6.45, 7) is 52.1. The van der Waals surface area contributed by atoms with E-state index >= 15 is 0 Å². The van der Waals surface area contributed by atoms with Crippen molar-refractivity contribution >= 4 is 88.3 Å². The van der Waals surface area contributed by atoms with Crippen molar-refractivity contribution < 1.29 is 43.1 Å². The summed E-state index contributed by atoms with van der Waals surface area (Å²) < 4.78 is 40.6. The van der Waals surface area contributed by atoms with Crippen LogP contribution in [0.15, 0.2) is 128 Å². The molecule has 0 spiro atoms. The fourth-order valence-electron chi connectivity index (χ4n) is 13.3. The maximum atomic E-state index is 11.7. The second-order valence-corrected chi connectivity index (χ2v) is 32.7. The molecule has 3 saturated heterocycles. The van der Waals surface area contributed by atoms with E-state index in [1.54, 1.807) is 0 Å². The summed E-state index contributed by atoms with van der Waals surface area (Å²) in [7, 11) is 5.35. The number of aryl methyl sites for hydroxylation is 3. The Labute approximate surface area is 686 Å². The molecule has 21 nitrogen and oxygen atoms in total. The summed E-state index contributed by atoms with van der Waals surface area (Å²) in [5.41, 5.74) is 18.5. The molecule has 3 aliphatic heterocycles. The first-order valence-corrected chi connectivity index (χ1v) is 40.9. The van der Waals surface area contributed by atoms with Gasteiger partial charge < -0.3 is 25.8 Å². The van der Waals surface area contributed by atoms with E-state index in [0.29, 0.717) is 88.6 Å². The van der Waals surface area contributed by atoms with Crippen molar-refractivity contribution in [3.8, 4) is 0 Å². The zero-order valence-electron chi connectivity index (χ0n) is 72.7. The van der Waals surface area contributed by atoms with Gasteiger partial charge in [-0.1, -0.05) is 85.5 Å². The van der Waals surface area contributed by atoms with Gasteiger partial charge in [-0.3, -0.25) is 0 Å². The topological polar surface area (TPSA) is 256 Å². The SMILES string of the molecule is C.CC(C)=CCN(c1ccc(C)cc1)C1CCN(C[C@@H](N)CC(C)C)CC1.CC(C)=CCN(c1ccc(C)cc1)C1CCN(C[C@H](CC(C)C)N=CB=O)CC1.CC(C)=CCN(c1ccc(C)cc1)C1CCNCC1.CC(C)C[C@@H](C=O)N=CB=O.CC(C)C[C@H](N=CB=O)C(=O)O.CON(C)C(=O)[C@H](CC(C)C)N=CB=O. The number of nitrogens with two attached hydrogens (primary N) is 1. The van der Waals surface area contributed by atoms with Gasteiger partial charge in [0.05, 0.1) is 0 Å². The fourth-order valence-corrected chi connectivity index (χ4v) is 13.3. The van der Waals surface area contributed by atoms with Crippen molar-refractivity contribution in [2.24, 2.45) is 55.3 Å². The van der Waals surface area contributed by atoms with Crippen molar-refractivity contribution in [2.75, 3.05) is 101 Å². The predicted octanol–water partition coefficient (Wildman–Crippen LogP) is 15.2. The molecule has 0 bridgehead atoms. The first kappa shape index (κ1) is 106. The summed E-state index contributed by atoms with van der Waals surface area (Å²) in [6.07, 6.45) is 23.6. The van der Waals surface area contributed by atoms with Crippen LogP contribution in [0.4, 0.5) is 17.1 Å². The Balaban J connectivity index is 0.00000138. The number of anilines is 3. The van der Waals surface area contributed by atoms with Gasteiger partial charge in [-0.15, -0.1) is 0 Å². The third kappa shape index (κ3) is 49.4. The van der Waals surface area contributed by atoms with Gasteiger partial charge in [-0.25, -0.2) is 0 Å². The summed E-state index contributed by atoms with van der Waals surface area (Å²) in [5, 5.41) is 13.2. The van der Waals surface area contributed by atoms with Gasteiger partial charge in [-0.05, 0) is 138 Å². The monoisotopic (exact) mass is 1560 g/mol. The summed E-state index contributed by atoms with van der Waals surface area (Å²) in [6, 6.07) is 27.6. The van der Waals surface area contributed by atoms with E-state index in [2.05, 4.69) is 231 Å². The van der Waals surface area contributed by atoms with Crippen LogP contribution in [0.2, 0.25) is 0 Å². The number of nitrogens with zero attached hydrogens (tertiary/aromatic N) is 10. The van der Waals surface area contributed by atoms with Crippen LogP contribution in [0, 0.1) is 50.4 Å². The minimum absolute atomic E-state index is 0. The molecule has 0 unspecified atom stereocenters. The summed E-state index contributed by atoms with van der Waals surface area (Å²) in [4.78, 5) is 65.8. The number of carbonyl (C=O) groups is 3. The van der Waals surface area contributed by atoms with Gasteiger partial charge in [0, 0.05) is 62.2 Å². The van der Waals surface area contributed by atoms with Crippen LogP contribution in [0.1, 0.15) is 206 Å². The van der Waals surface area contributed by atoms with E-state index in [9.17, 15) is 33.2 Å². The Morgan fingerprint density at radius 2 is 0.832 bits per heavy atom. The Bertz CT molecular complexity index is 3300. The molecular weight excluding hydrogens is 1410 g/mol. The number of allylic oxidation sites excluding steroid dienone is 3. The number of hydrogen-bond donors (Lipinski definition) is 3. The summed E-state index contributed by atoms with van der Waals surface area (Å²) >= 11 is 0. The second-order valence-electron chi connectivity index (χ2n) is 32.7. The number of carboxylic acid groups (broad SMARTS) is 1. The van der Waals surface area contributed by atoms with E-state index in [1.807, 2.05) is 41.5 Å². The number of likely N-dealkylation sites (N-methyl/N-ethyl adjacent to an activating group) is 1. The Hall–Kier alpha value is -7.17.